The molecule has 5 nitrogen and oxygen atoms in total. The lowest BCUT2D eigenvalue weighted by Gasteiger charge is -2.15. The highest BCUT2D eigenvalue weighted by molar-refractivity contribution is 7.07. The Bertz CT molecular complexity index is 569. The first kappa shape index (κ1) is 13.4. The summed E-state index contributed by atoms with van der Waals surface area (Å²) in [7, 11) is 0. The van der Waals surface area contributed by atoms with Gasteiger partial charge in [-0.2, -0.15) is 11.3 Å². The number of nitrogens with one attached hydrogen (secondary N) is 1. The number of anilines is 2. The minimum Gasteiger partial charge on any atom is -0.393 e. The number of benzene rings is 1. The molecule has 0 bridgehead atoms. The molecule has 0 radical (unpaired) electrons. The molecular formula is C13H15N3O2S. The van der Waals surface area contributed by atoms with Gasteiger partial charge >= 0.3 is 5.69 Å². The number of nitro benzene ring substituents is 1. The number of nitrogen functional groups attached to an aromatic ring is 1. The van der Waals surface area contributed by atoms with Gasteiger partial charge in [0.15, 0.2) is 0 Å². The van der Waals surface area contributed by atoms with Gasteiger partial charge in [-0.1, -0.05) is 6.07 Å². The summed E-state index contributed by atoms with van der Waals surface area (Å²) in [6.07, 6.45) is 0.815. The van der Waals surface area contributed by atoms with E-state index < -0.39 is 4.92 Å². The molecule has 1 aromatic carbocycles. The van der Waals surface area contributed by atoms with Crippen molar-refractivity contribution < 1.29 is 4.92 Å². The lowest BCUT2D eigenvalue weighted by molar-refractivity contribution is -0.383. The Balaban J connectivity index is 2.14. The summed E-state index contributed by atoms with van der Waals surface area (Å²) in [5.41, 5.74) is 7.46. The maximum Gasteiger partial charge on any atom is 0.314 e. The zero-order valence-electron chi connectivity index (χ0n) is 10.5. The second-order valence-corrected chi connectivity index (χ2v) is 5.16. The van der Waals surface area contributed by atoms with E-state index in [0.717, 1.165) is 6.42 Å². The van der Waals surface area contributed by atoms with Gasteiger partial charge in [0.2, 0.25) is 0 Å². The van der Waals surface area contributed by atoms with Crippen molar-refractivity contribution in [2.45, 2.75) is 19.4 Å². The summed E-state index contributed by atoms with van der Waals surface area (Å²) < 4.78 is 0. The van der Waals surface area contributed by atoms with E-state index in [0.29, 0.717) is 5.69 Å². The fourth-order valence-electron chi connectivity index (χ4n) is 1.96. The van der Waals surface area contributed by atoms with Gasteiger partial charge in [-0.15, -0.1) is 0 Å². The quantitative estimate of drug-likeness (QED) is 0.499. The highest BCUT2D eigenvalue weighted by atomic mass is 32.1. The molecule has 1 atom stereocenters. The number of hydrogen-bond donors (Lipinski definition) is 2. The summed E-state index contributed by atoms with van der Waals surface area (Å²) >= 11 is 1.64. The molecule has 0 fully saturated rings. The molecule has 0 aliphatic carbocycles. The zero-order valence-corrected chi connectivity index (χ0v) is 11.3. The standard InChI is InChI=1S/C13H15N3O2S/c1-9(7-10-5-6-19-8-10)15-12-4-2-3-11(14)13(12)16(17)18/h2-6,8-9,15H,7,14H2,1H3. The van der Waals surface area contributed by atoms with E-state index in [9.17, 15) is 10.1 Å². The molecule has 0 saturated carbocycles. The minimum absolute atomic E-state index is 0.0559. The molecule has 0 saturated heterocycles. The normalized spacial score (nSPS) is 12.1. The highest BCUT2D eigenvalue weighted by Gasteiger charge is 2.18. The predicted molar refractivity (Wildman–Crippen MR) is 78.6 cm³/mol. The van der Waals surface area contributed by atoms with E-state index in [1.165, 1.54) is 11.6 Å². The average Bonchev–Trinajstić information content (AvgIpc) is 2.81. The molecule has 2 aromatic rings. The van der Waals surface area contributed by atoms with Crippen molar-refractivity contribution >= 4 is 28.4 Å². The lowest BCUT2D eigenvalue weighted by Crippen LogP contribution is -2.18. The van der Waals surface area contributed by atoms with Crippen molar-refractivity contribution in [1.82, 2.24) is 0 Å². The van der Waals surface area contributed by atoms with Gasteiger partial charge < -0.3 is 11.1 Å². The van der Waals surface area contributed by atoms with Crippen LogP contribution in [0.3, 0.4) is 0 Å². The summed E-state index contributed by atoms with van der Waals surface area (Å²) in [5.74, 6) is 0. The van der Waals surface area contributed by atoms with Gasteiger partial charge in [-0.3, -0.25) is 10.1 Å². The van der Waals surface area contributed by atoms with E-state index in [1.807, 2.05) is 12.3 Å². The first-order valence-corrected chi connectivity index (χ1v) is 6.82. The SMILES string of the molecule is CC(Cc1ccsc1)Nc1cccc(N)c1[N+](=O)[O-]. The van der Waals surface area contributed by atoms with Crippen LogP contribution >= 0.6 is 11.3 Å². The van der Waals surface area contributed by atoms with Crippen molar-refractivity contribution in [3.63, 3.8) is 0 Å². The summed E-state index contributed by atoms with van der Waals surface area (Å²) in [5, 5.41) is 18.3. The van der Waals surface area contributed by atoms with E-state index >= 15 is 0 Å². The van der Waals surface area contributed by atoms with Crippen molar-refractivity contribution in [2.24, 2.45) is 0 Å². The molecule has 1 unspecified atom stereocenters. The van der Waals surface area contributed by atoms with Gasteiger partial charge in [0, 0.05) is 6.04 Å². The molecule has 0 aliphatic rings. The molecule has 0 aliphatic heterocycles. The lowest BCUT2D eigenvalue weighted by atomic mass is 10.1. The number of nitro groups is 1. The van der Waals surface area contributed by atoms with Gasteiger partial charge in [0.1, 0.15) is 11.4 Å². The van der Waals surface area contributed by atoms with Crippen LogP contribution in [0.4, 0.5) is 17.1 Å². The third-order valence-corrected chi connectivity index (χ3v) is 3.51. The van der Waals surface area contributed by atoms with Crippen LogP contribution < -0.4 is 11.1 Å². The Hall–Kier alpha value is -2.08. The topological polar surface area (TPSA) is 81.2 Å². The Labute approximate surface area is 115 Å². The zero-order chi connectivity index (χ0) is 13.8. The minimum atomic E-state index is -0.449. The van der Waals surface area contributed by atoms with Crippen LogP contribution in [-0.2, 0) is 6.42 Å². The van der Waals surface area contributed by atoms with Gasteiger partial charge in [0.25, 0.3) is 0 Å². The summed E-state index contributed by atoms with van der Waals surface area (Å²) in [6, 6.07) is 7.07. The Kier molecular flexibility index (Phi) is 4.01. The van der Waals surface area contributed by atoms with Crippen molar-refractivity contribution in [2.75, 3.05) is 11.1 Å². The van der Waals surface area contributed by atoms with Crippen LogP contribution in [0, 0.1) is 10.1 Å². The third kappa shape index (κ3) is 3.23. The molecule has 3 N–H and O–H groups in total. The van der Waals surface area contributed by atoms with Gasteiger partial charge in [-0.05, 0) is 47.9 Å². The smallest absolute Gasteiger partial charge is 0.314 e. The van der Waals surface area contributed by atoms with E-state index in [1.54, 1.807) is 23.5 Å². The van der Waals surface area contributed by atoms with Crippen LogP contribution in [0.25, 0.3) is 0 Å². The van der Waals surface area contributed by atoms with E-state index in [4.69, 9.17) is 5.73 Å². The Morgan fingerprint density at radius 2 is 2.26 bits per heavy atom. The van der Waals surface area contributed by atoms with Crippen LogP contribution in [0.2, 0.25) is 0 Å². The third-order valence-electron chi connectivity index (χ3n) is 2.77. The highest BCUT2D eigenvalue weighted by Crippen LogP contribution is 2.31. The first-order chi connectivity index (χ1) is 9.08. The number of hydrogen-bond acceptors (Lipinski definition) is 5. The molecule has 19 heavy (non-hydrogen) atoms. The van der Waals surface area contributed by atoms with Crippen molar-refractivity contribution in [3.8, 4) is 0 Å². The van der Waals surface area contributed by atoms with Gasteiger partial charge in [-0.25, -0.2) is 0 Å². The molecule has 2 rings (SSSR count). The number of nitrogens with two attached hydrogens (primary N) is 1. The molecule has 0 amide bonds. The summed E-state index contributed by atoms with van der Waals surface area (Å²) in [6.45, 7) is 1.99. The first-order valence-electron chi connectivity index (χ1n) is 5.88. The van der Waals surface area contributed by atoms with Crippen molar-refractivity contribution in [3.05, 3.63) is 50.7 Å². The van der Waals surface area contributed by atoms with Crippen molar-refractivity contribution in [1.29, 1.82) is 0 Å². The Morgan fingerprint density at radius 3 is 2.89 bits per heavy atom. The number of para-hydroxylation sites is 1. The fraction of sp³-hybridized carbons (Fsp3) is 0.231. The molecular weight excluding hydrogens is 262 g/mol. The van der Waals surface area contributed by atoms with E-state index in [2.05, 4.69) is 16.8 Å². The second kappa shape index (κ2) is 5.71. The maximum atomic E-state index is 11.0. The monoisotopic (exact) mass is 277 g/mol. The average molecular weight is 277 g/mol. The number of rotatable bonds is 5. The van der Waals surface area contributed by atoms with Crippen LogP contribution in [0.1, 0.15) is 12.5 Å². The summed E-state index contributed by atoms with van der Waals surface area (Å²) in [4.78, 5) is 10.6. The molecule has 100 valence electrons. The van der Waals surface area contributed by atoms with Crippen LogP contribution in [-0.4, -0.2) is 11.0 Å². The van der Waals surface area contributed by atoms with Crippen LogP contribution in [0.5, 0.6) is 0 Å². The van der Waals surface area contributed by atoms with Crippen LogP contribution in [0.15, 0.2) is 35.0 Å². The number of nitrogens with zero attached hydrogens (tertiary/aromatic N) is 1. The second-order valence-electron chi connectivity index (χ2n) is 4.38. The fourth-order valence-corrected chi connectivity index (χ4v) is 2.64. The Morgan fingerprint density at radius 1 is 1.47 bits per heavy atom. The predicted octanol–water partition coefficient (Wildman–Crippen LogP) is 3.28. The largest absolute Gasteiger partial charge is 0.393 e. The molecule has 6 heteroatoms. The molecule has 1 heterocycles. The molecule has 1 aromatic heterocycles. The van der Waals surface area contributed by atoms with Gasteiger partial charge in [0.05, 0.1) is 4.92 Å². The molecule has 0 spiro atoms. The van der Waals surface area contributed by atoms with E-state index in [-0.39, 0.29) is 17.4 Å². The maximum absolute atomic E-state index is 11.0. The number of thiophene rings is 1.